The van der Waals surface area contributed by atoms with Crippen molar-refractivity contribution in [2.24, 2.45) is 5.92 Å². The molecule has 1 aliphatic rings. The van der Waals surface area contributed by atoms with E-state index in [1.54, 1.807) is 17.5 Å². The number of thiazole rings is 1. The van der Waals surface area contributed by atoms with Crippen LogP contribution in [0.1, 0.15) is 17.8 Å². The Labute approximate surface area is 87.3 Å². The minimum Gasteiger partial charge on any atom is -0.317 e. The summed E-state index contributed by atoms with van der Waals surface area (Å²) in [5.41, 5.74) is 0. The van der Waals surface area contributed by atoms with Crippen LogP contribution in [0, 0.1) is 5.92 Å². The van der Waals surface area contributed by atoms with Gasteiger partial charge in [0.25, 0.3) is 0 Å². The number of nitrogens with zero attached hydrogens (tertiary/aromatic N) is 1. The monoisotopic (exact) mass is 216 g/mol. The van der Waals surface area contributed by atoms with Gasteiger partial charge in [-0.05, 0) is 31.8 Å². The fourth-order valence-corrected chi connectivity index (χ4v) is 2.79. The Balaban J connectivity index is 1.89. The van der Waals surface area contributed by atoms with Crippen LogP contribution in [-0.4, -0.2) is 18.1 Å². The molecule has 1 N–H and O–H groups in total. The molecule has 72 valence electrons. The molecule has 0 saturated carbocycles. The maximum atomic E-state index is 5.82. The van der Waals surface area contributed by atoms with Crippen molar-refractivity contribution in [2.45, 2.75) is 19.3 Å². The molecule has 1 saturated heterocycles. The maximum absolute atomic E-state index is 5.82. The largest absolute Gasteiger partial charge is 0.317 e. The number of aromatic nitrogens is 1. The standard InChI is InChI=1S/C9H13ClN2S/c10-8-6-12-9(13-8)5-7-1-3-11-4-2-7/h6-7,11H,1-5H2. The number of halogens is 1. The average molecular weight is 217 g/mol. The summed E-state index contributed by atoms with van der Waals surface area (Å²) in [7, 11) is 0. The van der Waals surface area contributed by atoms with E-state index in [0.717, 1.165) is 29.8 Å². The highest BCUT2D eigenvalue weighted by molar-refractivity contribution is 7.15. The van der Waals surface area contributed by atoms with Crippen LogP contribution in [-0.2, 0) is 6.42 Å². The van der Waals surface area contributed by atoms with Crippen molar-refractivity contribution in [2.75, 3.05) is 13.1 Å². The second-order valence-electron chi connectivity index (χ2n) is 3.46. The first-order chi connectivity index (χ1) is 6.34. The lowest BCUT2D eigenvalue weighted by Crippen LogP contribution is -2.28. The van der Waals surface area contributed by atoms with E-state index in [1.807, 2.05) is 0 Å². The van der Waals surface area contributed by atoms with Crippen molar-refractivity contribution in [1.82, 2.24) is 10.3 Å². The number of piperidine rings is 1. The Morgan fingerprint density at radius 2 is 2.31 bits per heavy atom. The fourth-order valence-electron chi connectivity index (χ4n) is 1.72. The van der Waals surface area contributed by atoms with E-state index in [9.17, 15) is 0 Å². The van der Waals surface area contributed by atoms with Gasteiger partial charge in [0.05, 0.1) is 11.2 Å². The van der Waals surface area contributed by atoms with E-state index >= 15 is 0 Å². The van der Waals surface area contributed by atoms with Gasteiger partial charge in [-0.25, -0.2) is 4.98 Å². The SMILES string of the molecule is Clc1cnc(CC2CCNCC2)s1. The molecule has 0 bridgehead atoms. The molecule has 2 nitrogen and oxygen atoms in total. The molecule has 0 atom stereocenters. The van der Waals surface area contributed by atoms with Crippen molar-refractivity contribution in [1.29, 1.82) is 0 Å². The predicted octanol–water partition coefficient (Wildman–Crippen LogP) is 2.34. The normalized spacial score (nSPS) is 19.2. The molecule has 0 aliphatic carbocycles. The van der Waals surface area contributed by atoms with Crippen LogP contribution in [0.15, 0.2) is 6.20 Å². The molecule has 0 radical (unpaired) electrons. The van der Waals surface area contributed by atoms with Gasteiger partial charge in [0.2, 0.25) is 0 Å². The number of hydrogen-bond acceptors (Lipinski definition) is 3. The average Bonchev–Trinajstić information content (AvgIpc) is 2.53. The van der Waals surface area contributed by atoms with Crippen LogP contribution >= 0.6 is 22.9 Å². The van der Waals surface area contributed by atoms with Crippen LogP contribution in [0.5, 0.6) is 0 Å². The van der Waals surface area contributed by atoms with Crippen molar-refractivity contribution < 1.29 is 0 Å². The molecule has 1 fully saturated rings. The van der Waals surface area contributed by atoms with E-state index in [2.05, 4.69) is 10.3 Å². The lowest BCUT2D eigenvalue weighted by atomic mass is 9.95. The van der Waals surface area contributed by atoms with Crippen LogP contribution in [0.2, 0.25) is 4.34 Å². The number of nitrogens with one attached hydrogen (secondary N) is 1. The van der Waals surface area contributed by atoms with E-state index in [-0.39, 0.29) is 0 Å². The third-order valence-electron chi connectivity index (χ3n) is 2.45. The van der Waals surface area contributed by atoms with Crippen LogP contribution < -0.4 is 5.32 Å². The lowest BCUT2D eigenvalue weighted by molar-refractivity contribution is 0.372. The molecular formula is C9H13ClN2S. The summed E-state index contributed by atoms with van der Waals surface area (Å²) < 4.78 is 0.809. The molecule has 2 rings (SSSR count). The Hall–Kier alpha value is -0.120. The number of hydrogen-bond donors (Lipinski definition) is 1. The molecular weight excluding hydrogens is 204 g/mol. The molecule has 1 aliphatic heterocycles. The predicted molar refractivity (Wildman–Crippen MR) is 56.4 cm³/mol. The van der Waals surface area contributed by atoms with Crippen molar-refractivity contribution >= 4 is 22.9 Å². The zero-order chi connectivity index (χ0) is 9.10. The third-order valence-corrected chi connectivity index (χ3v) is 3.58. The van der Waals surface area contributed by atoms with E-state index in [0.29, 0.717) is 0 Å². The van der Waals surface area contributed by atoms with Gasteiger partial charge < -0.3 is 5.32 Å². The van der Waals surface area contributed by atoms with Crippen molar-refractivity contribution in [3.05, 3.63) is 15.5 Å². The third kappa shape index (κ3) is 2.66. The molecule has 1 aromatic rings. The summed E-state index contributed by atoms with van der Waals surface area (Å²) >= 11 is 7.44. The zero-order valence-electron chi connectivity index (χ0n) is 7.42. The number of rotatable bonds is 2. The van der Waals surface area contributed by atoms with Crippen LogP contribution in [0.4, 0.5) is 0 Å². The van der Waals surface area contributed by atoms with E-state index in [1.165, 1.54) is 17.8 Å². The van der Waals surface area contributed by atoms with Crippen LogP contribution in [0.25, 0.3) is 0 Å². The Kier molecular flexibility index (Phi) is 3.19. The molecule has 2 heterocycles. The van der Waals surface area contributed by atoms with Crippen molar-refractivity contribution in [3.63, 3.8) is 0 Å². The lowest BCUT2D eigenvalue weighted by Gasteiger charge is -2.21. The minimum absolute atomic E-state index is 0.809. The van der Waals surface area contributed by atoms with Gasteiger partial charge in [0, 0.05) is 6.42 Å². The van der Waals surface area contributed by atoms with Gasteiger partial charge in [0.15, 0.2) is 0 Å². The van der Waals surface area contributed by atoms with Gasteiger partial charge in [0.1, 0.15) is 4.34 Å². The van der Waals surface area contributed by atoms with Gasteiger partial charge in [-0.2, -0.15) is 0 Å². The molecule has 0 spiro atoms. The first-order valence-electron chi connectivity index (χ1n) is 4.65. The first-order valence-corrected chi connectivity index (χ1v) is 5.85. The summed E-state index contributed by atoms with van der Waals surface area (Å²) in [6.07, 6.45) is 5.41. The highest BCUT2D eigenvalue weighted by Gasteiger charge is 2.14. The Morgan fingerprint density at radius 1 is 1.54 bits per heavy atom. The minimum atomic E-state index is 0.809. The summed E-state index contributed by atoms with van der Waals surface area (Å²) in [5.74, 6) is 0.809. The van der Waals surface area contributed by atoms with Crippen molar-refractivity contribution in [3.8, 4) is 0 Å². The summed E-state index contributed by atoms with van der Waals surface area (Å²) in [4.78, 5) is 4.28. The molecule has 0 amide bonds. The second-order valence-corrected chi connectivity index (χ2v) is 5.20. The summed E-state index contributed by atoms with van der Waals surface area (Å²) in [5, 5.41) is 4.55. The molecule has 1 aromatic heterocycles. The molecule has 4 heteroatoms. The zero-order valence-corrected chi connectivity index (χ0v) is 9.00. The fraction of sp³-hybridized carbons (Fsp3) is 0.667. The van der Waals surface area contributed by atoms with Crippen LogP contribution in [0.3, 0.4) is 0 Å². The quantitative estimate of drug-likeness (QED) is 0.821. The van der Waals surface area contributed by atoms with E-state index in [4.69, 9.17) is 11.6 Å². The first kappa shape index (κ1) is 9.44. The Bertz CT molecular complexity index is 268. The summed E-state index contributed by atoms with van der Waals surface area (Å²) in [6.45, 7) is 2.31. The van der Waals surface area contributed by atoms with E-state index < -0.39 is 0 Å². The molecule has 13 heavy (non-hydrogen) atoms. The smallest absolute Gasteiger partial charge is 0.113 e. The van der Waals surface area contributed by atoms with Gasteiger partial charge in [-0.1, -0.05) is 11.6 Å². The maximum Gasteiger partial charge on any atom is 0.113 e. The highest BCUT2D eigenvalue weighted by Crippen LogP contribution is 2.23. The van der Waals surface area contributed by atoms with Gasteiger partial charge >= 0.3 is 0 Å². The highest BCUT2D eigenvalue weighted by atomic mass is 35.5. The summed E-state index contributed by atoms with van der Waals surface area (Å²) in [6, 6.07) is 0. The Morgan fingerprint density at radius 3 is 2.92 bits per heavy atom. The van der Waals surface area contributed by atoms with Gasteiger partial charge in [-0.15, -0.1) is 11.3 Å². The second kappa shape index (κ2) is 4.40. The van der Waals surface area contributed by atoms with Gasteiger partial charge in [-0.3, -0.25) is 0 Å². The topological polar surface area (TPSA) is 24.9 Å². The molecule has 0 unspecified atom stereocenters. The molecule has 0 aromatic carbocycles.